The molecular formula is C60H92N16O8. The summed E-state index contributed by atoms with van der Waals surface area (Å²) in [5.41, 5.74) is 22.0. The largest absolute Gasteiger partial charge is 0.370 e. The van der Waals surface area contributed by atoms with Gasteiger partial charge >= 0.3 is 0 Å². The Hall–Kier alpha value is -8.31. The molecule has 2 aromatic heterocycles. The number of hydrogen-bond acceptors (Lipinski definition) is 12. The van der Waals surface area contributed by atoms with Crippen molar-refractivity contribution in [2.75, 3.05) is 26.2 Å². The van der Waals surface area contributed by atoms with Gasteiger partial charge in [-0.3, -0.25) is 43.3 Å². The molecule has 0 spiro atoms. The second-order valence-electron chi connectivity index (χ2n) is 21.2. The summed E-state index contributed by atoms with van der Waals surface area (Å²) in [7, 11) is 0. The quantitative estimate of drug-likeness (QED) is 0.0131. The summed E-state index contributed by atoms with van der Waals surface area (Å²) in [5.74, 6) is -5.15. The summed E-state index contributed by atoms with van der Waals surface area (Å²) < 4.78 is 0. The number of nitrogens with zero attached hydrogens (tertiary/aromatic N) is 3. The van der Waals surface area contributed by atoms with Crippen LogP contribution in [0.5, 0.6) is 0 Å². The Morgan fingerprint density at radius 1 is 0.595 bits per heavy atom. The second-order valence-corrected chi connectivity index (χ2v) is 21.2. The van der Waals surface area contributed by atoms with Crippen LogP contribution < -0.4 is 59.8 Å². The van der Waals surface area contributed by atoms with Crippen LogP contribution in [-0.4, -0.2) is 131 Å². The lowest BCUT2D eigenvalue weighted by Gasteiger charge is -2.27. The van der Waals surface area contributed by atoms with Gasteiger partial charge in [0.2, 0.25) is 41.4 Å². The second kappa shape index (κ2) is 40.0. The van der Waals surface area contributed by atoms with Crippen LogP contribution in [-0.2, 0) is 57.6 Å². The van der Waals surface area contributed by atoms with Crippen molar-refractivity contribution in [3.63, 3.8) is 0 Å². The number of rotatable bonds is 44. The highest BCUT2D eigenvalue weighted by Gasteiger charge is 2.32. The molecule has 0 aliphatic rings. The standard InChI is InChI=1S/C60H92N16O8/c1-3-4-5-6-7-8-9-10-11-12-13-14-15-16-20-30-52(77)65-32-24-33-66-53(78)39-70-71-40-54(79)72-42(2)56(81)75-51(36-45-38-64-41-69-45)59(84)76-50(34-43-25-18-17-19-26-43)58(83)73-48(29-23-31-67-60(62)63)57(82)74-49(55(61)80)35-44-37-68-47-28-22-21-27-46(44)47/h17-19,21-22,25-28,37-39,41-42,48-51,68,71H,3-16,20,23-24,29-36,40H2,1-2H3,(H2,61,80)(H,64,69)(H,65,77)(H,66,78)(H,72,79)(H,73,83)(H,74,82)(H,75,81)(H,76,84)(H4,62,63,67)/b70-39+/t42-,48-,49-,50+,51-/m0/s1. The van der Waals surface area contributed by atoms with E-state index in [0.717, 1.165) is 41.9 Å². The number of unbranched alkanes of at least 4 members (excludes halogenated alkanes) is 14. The van der Waals surface area contributed by atoms with Crippen molar-refractivity contribution in [2.45, 2.75) is 185 Å². The number of hydrazone groups is 1. The van der Waals surface area contributed by atoms with E-state index in [-0.39, 0.29) is 50.5 Å². The Kier molecular flexibility index (Phi) is 32.5. The van der Waals surface area contributed by atoms with E-state index in [1.54, 1.807) is 36.5 Å². The minimum absolute atomic E-state index is 0.00210. The molecule has 0 aliphatic carbocycles. The number of benzene rings is 2. The third-order valence-electron chi connectivity index (χ3n) is 14.1. The van der Waals surface area contributed by atoms with Gasteiger partial charge in [0, 0.05) is 74.3 Å². The smallest absolute Gasteiger partial charge is 0.264 e. The predicted octanol–water partition coefficient (Wildman–Crippen LogP) is 3.36. The maximum Gasteiger partial charge on any atom is 0.264 e. The maximum atomic E-state index is 14.4. The highest BCUT2D eigenvalue weighted by atomic mass is 16.2. The normalized spacial score (nSPS) is 12.9. The minimum atomic E-state index is -1.32. The summed E-state index contributed by atoms with van der Waals surface area (Å²) in [4.78, 5) is 121. The fourth-order valence-corrected chi connectivity index (χ4v) is 9.41. The van der Waals surface area contributed by atoms with Crippen molar-refractivity contribution < 1.29 is 38.4 Å². The number of para-hydroxylation sites is 1. The van der Waals surface area contributed by atoms with Crippen molar-refractivity contribution in [3.05, 3.63) is 90.1 Å². The molecule has 4 rings (SSSR count). The van der Waals surface area contributed by atoms with E-state index < -0.39 is 78.1 Å². The number of carbonyl (C=O) groups is 8. The summed E-state index contributed by atoms with van der Waals surface area (Å²) >= 11 is 0. The number of aromatic nitrogens is 3. The van der Waals surface area contributed by atoms with Gasteiger partial charge < -0.3 is 69.8 Å². The van der Waals surface area contributed by atoms with Gasteiger partial charge in [0.25, 0.3) is 5.91 Å². The molecule has 0 fully saturated rings. The molecule has 8 amide bonds. The van der Waals surface area contributed by atoms with Gasteiger partial charge in [-0.25, -0.2) is 4.98 Å². The molecule has 0 unspecified atom stereocenters. The Labute approximate surface area is 493 Å². The Balaban J connectivity index is 1.23. The lowest BCUT2D eigenvalue weighted by Crippen LogP contribution is -2.59. The highest BCUT2D eigenvalue weighted by Crippen LogP contribution is 2.20. The molecule has 16 N–H and O–H groups in total. The van der Waals surface area contributed by atoms with Crippen molar-refractivity contribution >= 4 is 70.3 Å². The SMILES string of the molecule is CCCCCCCCCCCCCCCCCC(=O)NCCCNC(=O)/C=N/NCC(=O)N[C@@H](C)C(=O)N[C@@H](Cc1cnc[nH]1)C(=O)N[C@H](Cc1ccccc1)C(=O)N[C@@H](CCCN=C(N)N)C(=O)N[C@@H](Cc1c[nH]c2ccccc12)C(N)=O. The molecule has 460 valence electrons. The number of hydrogen-bond donors (Lipinski definition) is 13. The Morgan fingerprint density at radius 2 is 1.18 bits per heavy atom. The monoisotopic (exact) mass is 1160 g/mol. The van der Waals surface area contributed by atoms with Gasteiger partial charge in [-0.2, -0.15) is 5.10 Å². The summed E-state index contributed by atoms with van der Waals surface area (Å²) in [5, 5.41) is 23.6. The number of imidazole rings is 1. The summed E-state index contributed by atoms with van der Waals surface area (Å²) in [6.07, 6.45) is 25.7. The zero-order valence-electron chi connectivity index (χ0n) is 49.1. The first kappa shape index (κ1) is 68.2. The molecule has 24 nitrogen and oxygen atoms in total. The van der Waals surface area contributed by atoms with E-state index in [4.69, 9.17) is 17.2 Å². The fraction of sp³-hybridized carbons (Fsp3) is 0.550. The molecule has 0 saturated carbocycles. The number of primary amides is 1. The molecule has 2 heterocycles. The zero-order chi connectivity index (χ0) is 60.7. The highest BCUT2D eigenvalue weighted by molar-refractivity contribution is 6.26. The van der Waals surface area contributed by atoms with Crippen molar-refractivity contribution in [1.82, 2.24) is 57.6 Å². The average molecular weight is 1170 g/mol. The number of amides is 8. The van der Waals surface area contributed by atoms with Crippen molar-refractivity contribution in [1.29, 1.82) is 0 Å². The fourth-order valence-electron chi connectivity index (χ4n) is 9.41. The molecule has 5 atom stereocenters. The number of fused-ring (bicyclic) bond motifs is 1. The molecule has 0 radical (unpaired) electrons. The maximum absolute atomic E-state index is 14.4. The predicted molar refractivity (Wildman–Crippen MR) is 326 cm³/mol. The van der Waals surface area contributed by atoms with Crippen LogP contribution in [0.1, 0.15) is 153 Å². The van der Waals surface area contributed by atoms with E-state index in [1.165, 1.54) is 96.5 Å². The first-order valence-electron chi connectivity index (χ1n) is 29.9. The average Bonchev–Trinajstić information content (AvgIpc) is 4.09. The lowest BCUT2D eigenvalue weighted by molar-refractivity contribution is -0.135. The molecule has 0 bridgehead atoms. The number of nitrogens with one attached hydrogen (secondary N) is 10. The number of guanidine groups is 1. The number of aliphatic imine (C=N–C) groups is 1. The number of nitrogens with two attached hydrogens (primary N) is 3. The van der Waals surface area contributed by atoms with Gasteiger partial charge in [0.15, 0.2) is 5.96 Å². The van der Waals surface area contributed by atoms with Crippen LogP contribution in [0.25, 0.3) is 10.9 Å². The number of carbonyl (C=O) groups excluding carboxylic acids is 8. The van der Waals surface area contributed by atoms with Gasteiger partial charge in [0.05, 0.1) is 6.33 Å². The first-order chi connectivity index (χ1) is 40.6. The lowest BCUT2D eigenvalue weighted by atomic mass is 10.0. The minimum Gasteiger partial charge on any atom is -0.370 e. The van der Waals surface area contributed by atoms with E-state index in [1.807, 2.05) is 24.3 Å². The molecule has 24 heteroatoms. The first-order valence-corrected chi connectivity index (χ1v) is 29.9. The van der Waals surface area contributed by atoms with E-state index in [9.17, 15) is 38.4 Å². The summed E-state index contributed by atoms with van der Waals surface area (Å²) in [6, 6.07) is 10.0. The van der Waals surface area contributed by atoms with Crippen LogP contribution in [0.2, 0.25) is 0 Å². The van der Waals surface area contributed by atoms with E-state index in [2.05, 4.69) is 74.6 Å². The molecule has 84 heavy (non-hydrogen) atoms. The Bertz CT molecular complexity index is 2680. The molecule has 4 aromatic rings. The molecule has 0 saturated heterocycles. The van der Waals surface area contributed by atoms with Gasteiger partial charge in [0.1, 0.15) is 43.0 Å². The van der Waals surface area contributed by atoms with Crippen LogP contribution in [0.15, 0.2) is 83.4 Å². The van der Waals surface area contributed by atoms with Gasteiger partial charge in [-0.15, -0.1) is 0 Å². The van der Waals surface area contributed by atoms with Crippen LogP contribution >= 0.6 is 0 Å². The van der Waals surface area contributed by atoms with E-state index >= 15 is 0 Å². The number of aromatic amines is 2. The van der Waals surface area contributed by atoms with Gasteiger partial charge in [-0.05, 0) is 49.8 Å². The van der Waals surface area contributed by atoms with Crippen molar-refractivity contribution in [2.24, 2.45) is 27.3 Å². The molecular weight excluding hydrogens is 1070 g/mol. The Morgan fingerprint density at radius 3 is 1.82 bits per heavy atom. The summed E-state index contributed by atoms with van der Waals surface area (Å²) in [6.45, 7) is 4.09. The van der Waals surface area contributed by atoms with Gasteiger partial charge in [-0.1, -0.05) is 145 Å². The van der Waals surface area contributed by atoms with Crippen LogP contribution in [0.3, 0.4) is 0 Å². The van der Waals surface area contributed by atoms with E-state index in [0.29, 0.717) is 37.2 Å². The topological polar surface area (TPSA) is 380 Å². The van der Waals surface area contributed by atoms with Crippen LogP contribution in [0.4, 0.5) is 0 Å². The third-order valence-corrected chi connectivity index (χ3v) is 14.1. The van der Waals surface area contributed by atoms with Crippen molar-refractivity contribution in [3.8, 4) is 0 Å². The third kappa shape index (κ3) is 28.1. The number of H-pyrrole nitrogens is 2. The molecule has 2 aromatic carbocycles. The molecule has 0 aliphatic heterocycles. The zero-order valence-corrected chi connectivity index (χ0v) is 49.1. The van der Waals surface area contributed by atoms with Crippen LogP contribution in [0, 0.1) is 0 Å².